The molecule has 0 radical (unpaired) electrons. The van der Waals surface area contributed by atoms with Crippen LogP contribution < -0.4 is 4.90 Å². The molecule has 0 aliphatic carbocycles. The Morgan fingerprint density at radius 1 is 1.17 bits per heavy atom. The monoisotopic (exact) mass is 318 g/mol. The number of anilines is 1. The number of pyridine rings is 1. The average Bonchev–Trinajstić information content (AvgIpc) is 3.16. The molecule has 0 spiro atoms. The van der Waals surface area contributed by atoms with E-state index in [4.69, 9.17) is 0 Å². The van der Waals surface area contributed by atoms with E-state index in [2.05, 4.69) is 9.97 Å². The first-order valence-corrected chi connectivity index (χ1v) is 7.86. The quantitative estimate of drug-likeness (QED) is 0.729. The summed E-state index contributed by atoms with van der Waals surface area (Å²) in [7, 11) is 1.83. The van der Waals surface area contributed by atoms with Crippen molar-refractivity contribution in [1.29, 1.82) is 0 Å². The number of fused-ring (bicyclic) bond motifs is 1. The van der Waals surface area contributed by atoms with Crippen molar-refractivity contribution in [1.82, 2.24) is 14.5 Å². The van der Waals surface area contributed by atoms with Crippen molar-refractivity contribution in [2.45, 2.75) is 19.3 Å². The van der Waals surface area contributed by atoms with Crippen molar-refractivity contribution in [2.24, 2.45) is 0 Å². The maximum absolute atomic E-state index is 12.4. The molecule has 3 aromatic rings. The number of hydrogen-bond acceptors (Lipinski definition) is 3. The minimum absolute atomic E-state index is 0.121. The number of benzene rings is 1. The highest BCUT2D eigenvalue weighted by Gasteiger charge is 2.42. The predicted molar refractivity (Wildman–Crippen MR) is 93.2 cm³/mol. The Labute approximate surface area is 140 Å². The van der Waals surface area contributed by atoms with Crippen molar-refractivity contribution in [2.75, 3.05) is 11.9 Å². The highest BCUT2D eigenvalue weighted by atomic mass is 16.2. The van der Waals surface area contributed by atoms with Crippen LogP contribution in [0.2, 0.25) is 0 Å². The molecule has 3 heterocycles. The van der Waals surface area contributed by atoms with E-state index in [0.29, 0.717) is 0 Å². The van der Waals surface area contributed by atoms with Gasteiger partial charge in [-0.25, -0.2) is 4.98 Å². The molecule has 2 aromatic heterocycles. The Morgan fingerprint density at radius 2 is 2.00 bits per heavy atom. The van der Waals surface area contributed by atoms with Crippen molar-refractivity contribution in [3.8, 4) is 16.9 Å². The van der Waals surface area contributed by atoms with E-state index in [9.17, 15) is 4.79 Å². The molecule has 4 rings (SSSR count). The van der Waals surface area contributed by atoms with Gasteiger partial charge < -0.3 is 9.47 Å². The Hall–Kier alpha value is -2.95. The lowest BCUT2D eigenvalue weighted by molar-refractivity contribution is -0.121. The molecule has 0 saturated heterocycles. The van der Waals surface area contributed by atoms with Crippen LogP contribution in [0.25, 0.3) is 16.9 Å². The number of rotatable bonds is 2. The fraction of sp³-hybridized carbons (Fsp3) is 0.211. The lowest BCUT2D eigenvalue weighted by Gasteiger charge is -2.16. The van der Waals surface area contributed by atoms with Gasteiger partial charge in [0.15, 0.2) is 0 Å². The minimum atomic E-state index is -0.475. The van der Waals surface area contributed by atoms with E-state index < -0.39 is 5.41 Å². The van der Waals surface area contributed by atoms with Gasteiger partial charge in [-0.05, 0) is 37.6 Å². The second-order valence-corrected chi connectivity index (χ2v) is 6.60. The summed E-state index contributed by atoms with van der Waals surface area (Å²) in [6, 6.07) is 9.99. The summed E-state index contributed by atoms with van der Waals surface area (Å²) < 4.78 is 1.94. The van der Waals surface area contributed by atoms with Crippen LogP contribution in [0.1, 0.15) is 19.4 Å². The van der Waals surface area contributed by atoms with Crippen LogP contribution >= 0.6 is 0 Å². The molecule has 24 heavy (non-hydrogen) atoms. The van der Waals surface area contributed by atoms with Gasteiger partial charge in [0.2, 0.25) is 5.91 Å². The summed E-state index contributed by atoms with van der Waals surface area (Å²) in [5.74, 6) is 0.121. The molecule has 1 aliphatic heterocycles. The topological polar surface area (TPSA) is 51.0 Å². The maximum atomic E-state index is 12.4. The Balaban J connectivity index is 1.75. The zero-order valence-corrected chi connectivity index (χ0v) is 13.9. The van der Waals surface area contributed by atoms with Crippen molar-refractivity contribution in [3.05, 3.63) is 60.8 Å². The largest absolute Gasteiger partial charge is 0.314 e. The smallest absolute Gasteiger partial charge is 0.236 e. The van der Waals surface area contributed by atoms with Crippen LogP contribution in [0, 0.1) is 0 Å². The van der Waals surface area contributed by atoms with Gasteiger partial charge in [0.1, 0.15) is 0 Å². The number of amides is 1. The number of likely N-dealkylation sites (N-methyl/N-ethyl adjacent to an activating group) is 1. The van der Waals surface area contributed by atoms with Gasteiger partial charge in [-0.1, -0.05) is 12.1 Å². The second-order valence-electron chi connectivity index (χ2n) is 6.60. The van der Waals surface area contributed by atoms with Crippen LogP contribution in [0.3, 0.4) is 0 Å². The number of nitrogens with zero attached hydrogens (tertiary/aromatic N) is 4. The Bertz CT molecular complexity index is 928. The van der Waals surface area contributed by atoms with Gasteiger partial charge in [0.05, 0.1) is 29.3 Å². The standard InChI is InChI=1S/C19H18N4O/c1-19(2)15-7-6-13(9-17(15)22(3)18(19)24)16-11-23(12-21-16)14-5-4-8-20-10-14/h4-12H,1-3H3. The van der Waals surface area contributed by atoms with Gasteiger partial charge in [0.25, 0.3) is 0 Å². The van der Waals surface area contributed by atoms with E-state index in [1.807, 2.05) is 62.0 Å². The molecule has 0 saturated carbocycles. The van der Waals surface area contributed by atoms with Gasteiger partial charge in [-0.2, -0.15) is 0 Å². The number of carbonyl (C=O) groups excluding carboxylic acids is 1. The number of carbonyl (C=O) groups is 1. The third kappa shape index (κ3) is 2.05. The van der Waals surface area contributed by atoms with Crippen molar-refractivity contribution >= 4 is 11.6 Å². The summed E-state index contributed by atoms with van der Waals surface area (Å²) in [6.45, 7) is 3.93. The fourth-order valence-corrected chi connectivity index (χ4v) is 3.26. The van der Waals surface area contributed by atoms with E-state index in [1.54, 1.807) is 23.6 Å². The van der Waals surface area contributed by atoms with E-state index in [-0.39, 0.29) is 5.91 Å². The first kappa shape index (κ1) is 14.6. The molecule has 0 bridgehead atoms. The molecular weight excluding hydrogens is 300 g/mol. The van der Waals surface area contributed by atoms with Gasteiger partial charge in [-0.3, -0.25) is 9.78 Å². The summed E-state index contributed by atoms with van der Waals surface area (Å²) in [4.78, 5) is 22.8. The van der Waals surface area contributed by atoms with Gasteiger partial charge >= 0.3 is 0 Å². The zero-order chi connectivity index (χ0) is 16.9. The summed E-state index contributed by atoms with van der Waals surface area (Å²) in [6.07, 6.45) is 7.29. The van der Waals surface area contributed by atoms with Crippen LogP contribution in [0.4, 0.5) is 5.69 Å². The van der Waals surface area contributed by atoms with E-state index in [1.165, 1.54) is 0 Å². The van der Waals surface area contributed by atoms with Gasteiger partial charge in [0, 0.05) is 30.7 Å². The fourth-order valence-electron chi connectivity index (χ4n) is 3.26. The van der Waals surface area contributed by atoms with Crippen LogP contribution in [-0.2, 0) is 10.2 Å². The molecule has 1 aliphatic rings. The molecule has 1 aromatic carbocycles. The zero-order valence-electron chi connectivity index (χ0n) is 13.9. The third-order valence-electron chi connectivity index (χ3n) is 4.69. The SMILES string of the molecule is CN1C(=O)C(C)(C)c2ccc(-c3cn(-c4cccnc4)cn3)cc21. The van der Waals surface area contributed by atoms with Crippen molar-refractivity contribution < 1.29 is 4.79 Å². The molecule has 0 fully saturated rings. The number of hydrogen-bond donors (Lipinski definition) is 0. The molecule has 1 amide bonds. The second kappa shape index (κ2) is 5.03. The van der Waals surface area contributed by atoms with Crippen LogP contribution in [0.15, 0.2) is 55.2 Å². The molecule has 0 atom stereocenters. The molecule has 5 heteroatoms. The lowest BCUT2D eigenvalue weighted by Crippen LogP contribution is -2.33. The number of aromatic nitrogens is 3. The normalized spacial score (nSPS) is 15.6. The van der Waals surface area contributed by atoms with Crippen LogP contribution in [0.5, 0.6) is 0 Å². The summed E-state index contributed by atoms with van der Waals surface area (Å²) in [5, 5.41) is 0. The van der Waals surface area contributed by atoms with E-state index >= 15 is 0 Å². The van der Waals surface area contributed by atoms with Crippen LogP contribution in [-0.4, -0.2) is 27.5 Å². The predicted octanol–water partition coefficient (Wildman–Crippen LogP) is 3.19. The summed E-state index contributed by atoms with van der Waals surface area (Å²) >= 11 is 0. The summed E-state index contributed by atoms with van der Waals surface area (Å²) in [5.41, 5.74) is 4.37. The molecular formula is C19H18N4O. The Morgan fingerprint density at radius 3 is 2.75 bits per heavy atom. The maximum Gasteiger partial charge on any atom is 0.236 e. The third-order valence-corrected chi connectivity index (χ3v) is 4.69. The first-order valence-electron chi connectivity index (χ1n) is 7.86. The molecule has 0 unspecified atom stereocenters. The first-order chi connectivity index (χ1) is 11.5. The van der Waals surface area contributed by atoms with E-state index in [0.717, 1.165) is 28.2 Å². The van der Waals surface area contributed by atoms with Gasteiger partial charge in [-0.15, -0.1) is 0 Å². The molecule has 0 N–H and O–H groups in total. The molecule has 5 nitrogen and oxygen atoms in total. The van der Waals surface area contributed by atoms with Crippen molar-refractivity contribution in [3.63, 3.8) is 0 Å². The highest BCUT2D eigenvalue weighted by Crippen LogP contribution is 2.42. The lowest BCUT2D eigenvalue weighted by atomic mass is 9.86. The Kier molecular flexibility index (Phi) is 3.06. The minimum Gasteiger partial charge on any atom is -0.314 e. The average molecular weight is 318 g/mol. The molecule has 120 valence electrons. The number of imidazole rings is 1. The highest BCUT2D eigenvalue weighted by molar-refractivity contribution is 6.07.